The van der Waals surface area contributed by atoms with Gasteiger partial charge in [0, 0.05) is 24.3 Å². The van der Waals surface area contributed by atoms with Crippen LogP contribution in [-0.4, -0.2) is 58.8 Å². The summed E-state index contributed by atoms with van der Waals surface area (Å²) in [6.45, 7) is 3.00. The lowest BCUT2D eigenvalue weighted by Gasteiger charge is -2.25. The standard InChI is InChI=1S/C22H20N2O11/c1-22(2)34-18-17(33-20(26)13-5-9-15(10-6-13)24(29)30)16(32-21(18)35-22)11-31-19(25)12-3-7-14(8-4-12)23(27)28/h3-10,16-18,21H,11H2,1-2H3. The zero-order valence-corrected chi connectivity index (χ0v) is 18.5. The molecule has 4 rings (SSSR count). The fourth-order valence-electron chi connectivity index (χ4n) is 3.69. The molecule has 35 heavy (non-hydrogen) atoms. The number of carbonyl (C=O) groups excluding carboxylic acids is 2. The molecule has 184 valence electrons. The predicted molar refractivity (Wildman–Crippen MR) is 114 cm³/mol. The molecule has 0 saturated carbocycles. The first-order chi connectivity index (χ1) is 16.5. The summed E-state index contributed by atoms with van der Waals surface area (Å²) in [6.07, 6.45) is -3.66. The van der Waals surface area contributed by atoms with E-state index in [1.54, 1.807) is 13.8 Å². The van der Waals surface area contributed by atoms with Crippen molar-refractivity contribution in [2.75, 3.05) is 6.61 Å². The van der Waals surface area contributed by atoms with Crippen LogP contribution in [0.2, 0.25) is 0 Å². The minimum Gasteiger partial charge on any atom is -0.459 e. The van der Waals surface area contributed by atoms with Crippen molar-refractivity contribution in [2.24, 2.45) is 0 Å². The summed E-state index contributed by atoms with van der Waals surface area (Å²) in [5, 5.41) is 21.6. The lowest BCUT2D eigenvalue weighted by Crippen LogP contribution is -2.40. The first-order valence-electron chi connectivity index (χ1n) is 10.4. The molecule has 0 radical (unpaired) electrons. The zero-order valence-electron chi connectivity index (χ0n) is 18.5. The number of non-ortho nitro benzene ring substituents is 2. The monoisotopic (exact) mass is 488 g/mol. The Morgan fingerprint density at radius 3 is 1.91 bits per heavy atom. The number of rotatable bonds is 7. The second kappa shape index (κ2) is 9.37. The Morgan fingerprint density at radius 1 is 0.886 bits per heavy atom. The van der Waals surface area contributed by atoms with E-state index >= 15 is 0 Å². The fourth-order valence-corrected chi connectivity index (χ4v) is 3.69. The van der Waals surface area contributed by atoms with E-state index in [0.29, 0.717) is 0 Å². The van der Waals surface area contributed by atoms with Gasteiger partial charge in [-0.15, -0.1) is 0 Å². The van der Waals surface area contributed by atoms with Crippen molar-refractivity contribution in [3.63, 3.8) is 0 Å². The number of hydrogen-bond acceptors (Lipinski definition) is 11. The van der Waals surface area contributed by atoms with Crippen LogP contribution >= 0.6 is 0 Å². The fraction of sp³-hybridized carbons (Fsp3) is 0.364. The van der Waals surface area contributed by atoms with Crippen LogP contribution in [0.4, 0.5) is 11.4 Å². The van der Waals surface area contributed by atoms with Crippen molar-refractivity contribution >= 4 is 23.3 Å². The Kier molecular flexibility index (Phi) is 6.47. The number of fused-ring (bicyclic) bond motifs is 1. The molecule has 0 N–H and O–H groups in total. The third-order valence-corrected chi connectivity index (χ3v) is 5.34. The maximum atomic E-state index is 12.7. The molecule has 4 unspecified atom stereocenters. The molecule has 2 heterocycles. The van der Waals surface area contributed by atoms with Gasteiger partial charge in [-0.1, -0.05) is 0 Å². The minimum atomic E-state index is -1.02. The molecule has 4 atom stereocenters. The van der Waals surface area contributed by atoms with Crippen molar-refractivity contribution in [1.82, 2.24) is 0 Å². The highest BCUT2D eigenvalue weighted by molar-refractivity contribution is 5.90. The van der Waals surface area contributed by atoms with E-state index in [2.05, 4.69) is 0 Å². The van der Waals surface area contributed by atoms with Gasteiger partial charge in [0.05, 0.1) is 21.0 Å². The predicted octanol–water partition coefficient (Wildman–Crippen LogP) is 2.76. The summed E-state index contributed by atoms with van der Waals surface area (Å²) in [4.78, 5) is 45.5. The molecule has 0 aromatic heterocycles. The third kappa shape index (κ3) is 5.26. The summed E-state index contributed by atoms with van der Waals surface area (Å²) < 4.78 is 28.1. The van der Waals surface area contributed by atoms with Crippen LogP contribution in [0, 0.1) is 20.2 Å². The largest absolute Gasteiger partial charge is 0.459 e. The first kappa shape index (κ1) is 24.2. The van der Waals surface area contributed by atoms with E-state index in [0.717, 1.165) is 0 Å². The van der Waals surface area contributed by atoms with E-state index in [9.17, 15) is 29.8 Å². The van der Waals surface area contributed by atoms with Crippen LogP contribution in [0.15, 0.2) is 48.5 Å². The Balaban J connectivity index is 1.45. The number of ether oxygens (including phenoxy) is 5. The van der Waals surface area contributed by atoms with Gasteiger partial charge < -0.3 is 23.7 Å². The number of nitrogens with zero attached hydrogens (tertiary/aromatic N) is 2. The Labute approximate surface area is 197 Å². The number of carbonyl (C=O) groups is 2. The molecule has 0 spiro atoms. The average Bonchev–Trinajstić information content (AvgIpc) is 3.29. The quantitative estimate of drug-likeness (QED) is 0.319. The van der Waals surface area contributed by atoms with E-state index in [-0.39, 0.29) is 29.1 Å². The van der Waals surface area contributed by atoms with Crippen molar-refractivity contribution in [1.29, 1.82) is 0 Å². The van der Waals surface area contributed by atoms with Crippen LogP contribution in [0.1, 0.15) is 34.6 Å². The molecule has 2 saturated heterocycles. The topological polar surface area (TPSA) is 167 Å². The highest BCUT2D eigenvalue weighted by atomic mass is 16.8. The molecule has 0 aliphatic carbocycles. The van der Waals surface area contributed by atoms with Crippen LogP contribution in [0.5, 0.6) is 0 Å². The van der Waals surface area contributed by atoms with E-state index in [4.69, 9.17) is 23.7 Å². The molecular weight excluding hydrogens is 468 g/mol. The number of nitro benzene ring substituents is 2. The minimum absolute atomic E-state index is 0.0684. The SMILES string of the molecule is CC1(C)OC2OC(COC(=O)c3ccc([N+](=O)[O-])cc3)C(OC(=O)c3ccc([N+](=O)[O-])cc3)C2O1. The summed E-state index contributed by atoms with van der Waals surface area (Å²) in [6, 6.07) is 9.72. The number of esters is 2. The highest BCUT2D eigenvalue weighted by Gasteiger charge is 2.57. The van der Waals surface area contributed by atoms with Crippen LogP contribution < -0.4 is 0 Å². The van der Waals surface area contributed by atoms with Crippen molar-refractivity contribution in [3.05, 3.63) is 79.9 Å². The summed E-state index contributed by atoms with van der Waals surface area (Å²) in [5.41, 5.74) is -0.208. The van der Waals surface area contributed by atoms with Gasteiger partial charge in [0.2, 0.25) is 0 Å². The second-order valence-corrected chi connectivity index (χ2v) is 8.22. The smallest absolute Gasteiger partial charge is 0.338 e. The van der Waals surface area contributed by atoms with Gasteiger partial charge in [-0.25, -0.2) is 9.59 Å². The first-order valence-corrected chi connectivity index (χ1v) is 10.4. The van der Waals surface area contributed by atoms with Crippen LogP contribution in [-0.2, 0) is 23.7 Å². The summed E-state index contributed by atoms with van der Waals surface area (Å²) in [5.74, 6) is -2.55. The maximum absolute atomic E-state index is 12.7. The molecule has 2 aromatic rings. The Morgan fingerprint density at radius 2 is 1.40 bits per heavy atom. The molecule has 0 bridgehead atoms. The molecule has 13 nitrogen and oxygen atoms in total. The number of hydrogen-bond donors (Lipinski definition) is 0. The van der Waals surface area contributed by atoms with E-state index in [1.807, 2.05) is 0 Å². The molecular formula is C22H20N2O11. The van der Waals surface area contributed by atoms with Crippen LogP contribution in [0.3, 0.4) is 0 Å². The highest BCUT2D eigenvalue weighted by Crippen LogP contribution is 2.39. The maximum Gasteiger partial charge on any atom is 0.338 e. The second-order valence-electron chi connectivity index (χ2n) is 8.22. The van der Waals surface area contributed by atoms with Crippen LogP contribution in [0.25, 0.3) is 0 Å². The summed E-state index contributed by atoms with van der Waals surface area (Å²) >= 11 is 0. The molecule has 2 fully saturated rings. The zero-order chi connectivity index (χ0) is 25.3. The van der Waals surface area contributed by atoms with Crippen molar-refractivity contribution < 1.29 is 43.1 Å². The molecule has 13 heteroatoms. The molecule has 0 amide bonds. The lowest BCUT2D eigenvalue weighted by atomic mass is 10.1. The molecule has 2 aliphatic rings. The molecule has 2 aromatic carbocycles. The normalized spacial score (nSPS) is 24.4. The van der Waals surface area contributed by atoms with Gasteiger partial charge in [0.25, 0.3) is 11.4 Å². The van der Waals surface area contributed by atoms with Gasteiger partial charge in [-0.05, 0) is 38.1 Å². The third-order valence-electron chi connectivity index (χ3n) is 5.34. The van der Waals surface area contributed by atoms with E-state index in [1.165, 1.54) is 48.5 Å². The molecule has 2 aliphatic heterocycles. The van der Waals surface area contributed by atoms with Gasteiger partial charge in [0.1, 0.15) is 12.7 Å². The van der Waals surface area contributed by atoms with Gasteiger partial charge in [0.15, 0.2) is 24.3 Å². The van der Waals surface area contributed by atoms with Gasteiger partial charge in [-0.2, -0.15) is 0 Å². The van der Waals surface area contributed by atoms with E-state index < -0.39 is 52.2 Å². The number of benzene rings is 2. The lowest BCUT2D eigenvalue weighted by molar-refractivity contribution is -0.385. The number of nitro groups is 2. The Bertz CT molecular complexity index is 1150. The van der Waals surface area contributed by atoms with Crippen molar-refractivity contribution in [3.8, 4) is 0 Å². The van der Waals surface area contributed by atoms with Gasteiger partial charge in [-0.3, -0.25) is 20.2 Å². The van der Waals surface area contributed by atoms with Gasteiger partial charge >= 0.3 is 11.9 Å². The Hall–Kier alpha value is -3.94. The van der Waals surface area contributed by atoms with Crippen molar-refractivity contribution in [2.45, 2.75) is 44.2 Å². The summed E-state index contributed by atoms with van der Waals surface area (Å²) in [7, 11) is 0. The average molecular weight is 488 g/mol.